The molecular weight excluding hydrogens is 342 g/mol. The van der Waals surface area contributed by atoms with Gasteiger partial charge in [0.2, 0.25) is 0 Å². The maximum atomic E-state index is 12.5. The summed E-state index contributed by atoms with van der Waals surface area (Å²) in [5.74, 6) is -0.620. The number of methoxy groups -OCH3 is 1. The van der Waals surface area contributed by atoms with Crippen LogP contribution < -0.4 is 5.32 Å². The molecule has 126 valence electrons. The molecule has 4 nitrogen and oxygen atoms in total. The van der Waals surface area contributed by atoms with Gasteiger partial charge in [-0.2, -0.15) is 0 Å². The third-order valence-corrected chi connectivity index (χ3v) is 6.43. The second-order valence-corrected chi connectivity index (χ2v) is 8.06. The van der Waals surface area contributed by atoms with Gasteiger partial charge in [-0.1, -0.05) is 25.0 Å². The summed E-state index contributed by atoms with van der Waals surface area (Å²) in [4.78, 5) is 26.0. The van der Waals surface area contributed by atoms with Gasteiger partial charge in [0.05, 0.1) is 17.7 Å². The number of hydrogen-bond acceptors (Lipinski definition) is 5. The zero-order valence-electron chi connectivity index (χ0n) is 13.4. The Balaban J connectivity index is 1.72. The standard InChI is InChI=1S/C18H19NO3S2/c1-22-18(21)16-11-10-15(24-16)17(20)19-13-8-4-5-9-14(13)23-12-6-2-3-7-12/h4-5,8-12H,2-3,6-7H2,1H3,(H,19,20). The first-order valence-corrected chi connectivity index (χ1v) is 9.62. The largest absolute Gasteiger partial charge is 0.465 e. The monoisotopic (exact) mass is 361 g/mol. The van der Waals surface area contributed by atoms with E-state index in [1.54, 1.807) is 12.1 Å². The van der Waals surface area contributed by atoms with Crippen LogP contribution in [-0.2, 0) is 4.74 Å². The van der Waals surface area contributed by atoms with Crippen molar-refractivity contribution in [3.8, 4) is 0 Å². The van der Waals surface area contributed by atoms with Crippen LogP contribution >= 0.6 is 23.1 Å². The fraction of sp³-hybridized carbons (Fsp3) is 0.333. The predicted octanol–water partition coefficient (Wildman–Crippen LogP) is 4.82. The smallest absolute Gasteiger partial charge is 0.348 e. The summed E-state index contributed by atoms with van der Waals surface area (Å²) in [5, 5.41) is 3.60. The van der Waals surface area contributed by atoms with E-state index >= 15 is 0 Å². The minimum atomic E-state index is -0.420. The Morgan fingerprint density at radius 2 is 1.83 bits per heavy atom. The summed E-state index contributed by atoms with van der Waals surface area (Å²) in [6, 6.07) is 11.1. The molecule has 1 heterocycles. The third-order valence-electron chi connectivity index (χ3n) is 3.95. The summed E-state index contributed by atoms with van der Waals surface area (Å²) in [7, 11) is 1.33. The SMILES string of the molecule is COC(=O)c1ccc(C(=O)Nc2ccccc2SC2CCCC2)s1. The van der Waals surface area contributed by atoms with Crippen LogP contribution in [0, 0.1) is 0 Å². The van der Waals surface area contributed by atoms with E-state index < -0.39 is 5.97 Å². The normalized spacial score (nSPS) is 14.5. The third kappa shape index (κ3) is 3.99. The summed E-state index contributed by atoms with van der Waals surface area (Å²) in [6.07, 6.45) is 5.05. The number of thioether (sulfide) groups is 1. The second-order valence-electron chi connectivity index (χ2n) is 5.63. The van der Waals surface area contributed by atoms with Gasteiger partial charge in [0.15, 0.2) is 0 Å². The lowest BCUT2D eigenvalue weighted by Gasteiger charge is -2.13. The highest BCUT2D eigenvalue weighted by molar-refractivity contribution is 8.00. The Labute approximate surface area is 149 Å². The first-order chi connectivity index (χ1) is 11.7. The van der Waals surface area contributed by atoms with Gasteiger partial charge in [-0.05, 0) is 37.1 Å². The van der Waals surface area contributed by atoms with Crippen molar-refractivity contribution < 1.29 is 14.3 Å². The Morgan fingerprint density at radius 1 is 1.12 bits per heavy atom. The van der Waals surface area contributed by atoms with Gasteiger partial charge in [0.25, 0.3) is 5.91 Å². The molecule has 24 heavy (non-hydrogen) atoms. The summed E-state index contributed by atoms with van der Waals surface area (Å²) >= 11 is 2.98. The van der Waals surface area contributed by atoms with Gasteiger partial charge in [0, 0.05) is 10.1 Å². The topological polar surface area (TPSA) is 55.4 Å². The van der Waals surface area contributed by atoms with Gasteiger partial charge in [-0.25, -0.2) is 4.79 Å². The molecular formula is C18H19NO3S2. The number of esters is 1. The lowest BCUT2D eigenvalue weighted by atomic mass is 10.3. The van der Waals surface area contributed by atoms with Crippen molar-refractivity contribution in [1.29, 1.82) is 0 Å². The number of hydrogen-bond donors (Lipinski definition) is 1. The van der Waals surface area contributed by atoms with Crippen molar-refractivity contribution in [2.45, 2.75) is 35.8 Å². The number of carbonyl (C=O) groups excluding carboxylic acids is 2. The molecule has 1 N–H and O–H groups in total. The van der Waals surface area contributed by atoms with Gasteiger partial charge in [-0.15, -0.1) is 23.1 Å². The molecule has 1 amide bonds. The summed E-state index contributed by atoms with van der Waals surface area (Å²) in [6.45, 7) is 0. The Bertz CT molecular complexity index is 735. The highest BCUT2D eigenvalue weighted by Crippen LogP contribution is 2.38. The van der Waals surface area contributed by atoms with E-state index in [-0.39, 0.29) is 5.91 Å². The molecule has 0 unspecified atom stereocenters. The van der Waals surface area contributed by atoms with E-state index in [1.165, 1.54) is 32.8 Å². The Kier molecular flexibility index (Phi) is 5.58. The molecule has 1 aliphatic carbocycles. The molecule has 1 aliphatic rings. The van der Waals surface area contributed by atoms with Gasteiger partial charge < -0.3 is 10.1 Å². The molecule has 1 saturated carbocycles. The number of thiophene rings is 1. The number of carbonyl (C=O) groups is 2. The van der Waals surface area contributed by atoms with Crippen LogP contribution in [0.25, 0.3) is 0 Å². The van der Waals surface area contributed by atoms with E-state index in [2.05, 4.69) is 10.1 Å². The van der Waals surface area contributed by atoms with Gasteiger partial charge in [0.1, 0.15) is 4.88 Å². The number of para-hydroxylation sites is 1. The molecule has 3 rings (SSSR count). The fourth-order valence-corrected chi connectivity index (χ4v) is 4.86. The number of benzene rings is 1. The highest BCUT2D eigenvalue weighted by atomic mass is 32.2. The lowest BCUT2D eigenvalue weighted by molar-refractivity contribution is 0.0606. The molecule has 0 aliphatic heterocycles. The zero-order chi connectivity index (χ0) is 16.9. The van der Waals surface area contributed by atoms with Crippen LogP contribution in [-0.4, -0.2) is 24.2 Å². The first-order valence-electron chi connectivity index (χ1n) is 7.92. The minimum Gasteiger partial charge on any atom is -0.465 e. The zero-order valence-corrected chi connectivity index (χ0v) is 15.0. The number of nitrogens with one attached hydrogen (secondary N) is 1. The molecule has 0 bridgehead atoms. The molecule has 1 aromatic heterocycles. The number of ether oxygens (including phenoxy) is 1. The first kappa shape index (κ1) is 17.0. The summed E-state index contributed by atoms with van der Waals surface area (Å²) in [5.41, 5.74) is 0.826. The molecule has 0 spiro atoms. The van der Waals surface area contributed by atoms with E-state index in [0.717, 1.165) is 21.9 Å². The van der Waals surface area contributed by atoms with Crippen LogP contribution in [0.4, 0.5) is 5.69 Å². The molecule has 0 saturated heterocycles. The molecule has 0 atom stereocenters. The van der Waals surface area contributed by atoms with Crippen LogP contribution in [0.3, 0.4) is 0 Å². The average molecular weight is 361 g/mol. The van der Waals surface area contributed by atoms with Gasteiger partial charge >= 0.3 is 5.97 Å². The molecule has 1 fully saturated rings. The van der Waals surface area contributed by atoms with Crippen LogP contribution in [0.1, 0.15) is 45.0 Å². The van der Waals surface area contributed by atoms with Crippen LogP contribution in [0.2, 0.25) is 0 Å². The van der Waals surface area contributed by atoms with E-state index in [4.69, 9.17) is 0 Å². The van der Waals surface area contributed by atoms with Crippen molar-refractivity contribution in [3.63, 3.8) is 0 Å². The maximum Gasteiger partial charge on any atom is 0.348 e. The van der Waals surface area contributed by atoms with Crippen LogP contribution in [0.15, 0.2) is 41.3 Å². The summed E-state index contributed by atoms with van der Waals surface area (Å²) < 4.78 is 4.68. The number of anilines is 1. The highest BCUT2D eigenvalue weighted by Gasteiger charge is 2.19. The Hall–Kier alpha value is -1.79. The van der Waals surface area contributed by atoms with Crippen molar-refractivity contribution in [2.24, 2.45) is 0 Å². The number of rotatable bonds is 5. The molecule has 6 heteroatoms. The van der Waals surface area contributed by atoms with Crippen molar-refractivity contribution in [1.82, 2.24) is 0 Å². The van der Waals surface area contributed by atoms with Crippen molar-refractivity contribution >= 4 is 40.7 Å². The Morgan fingerprint density at radius 3 is 2.58 bits per heavy atom. The molecule has 1 aromatic carbocycles. The minimum absolute atomic E-state index is 0.199. The quantitative estimate of drug-likeness (QED) is 0.776. The van der Waals surface area contributed by atoms with Gasteiger partial charge in [-0.3, -0.25) is 4.79 Å². The van der Waals surface area contributed by atoms with E-state index in [1.807, 2.05) is 36.0 Å². The fourth-order valence-electron chi connectivity index (χ4n) is 2.71. The predicted molar refractivity (Wildman–Crippen MR) is 98.2 cm³/mol. The average Bonchev–Trinajstić information content (AvgIpc) is 3.27. The van der Waals surface area contributed by atoms with Crippen LogP contribution in [0.5, 0.6) is 0 Å². The molecule has 0 radical (unpaired) electrons. The van der Waals surface area contributed by atoms with Crippen molar-refractivity contribution in [3.05, 3.63) is 46.2 Å². The number of amides is 1. The van der Waals surface area contributed by atoms with Crippen molar-refractivity contribution in [2.75, 3.05) is 12.4 Å². The lowest BCUT2D eigenvalue weighted by Crippen LogP contribution is -2.11. The van der Waals surface area contributed by atoms with E-state index in [0.29, 0.717) is 15.0 Å². The second kappa shape index (κ2) is 7.85. The maximum absolute atomic E-state index is 12.5. The molecule has 2 aromatic rings. The van der Waals surface area contributed by atoms with E-state index in [9.17, 15) is 9.59 Å².